The zero-order valence-electron chi connectivity index (χ0n) is 41.1. The molecule has 0 bridgehead atoms. The number of carbonyl (C=O) groups excluding carboxylic acids is 1. The molecule has 0 radical (unpaired) electrons. The molecule has 8 nitrogen and oxygen atoms in total. The summed E-state index contributed by atoms with van der Waals surface area (Å²) in [7, 11) is -4.28. The van der Waals surface area contributed by atoms with E-state index in [0.29, 0.717) is 13.0 Å². The van der Waals surface area contributed by atoms with E-state index in [-0.39, 0.29) is 32.3 Å². The van der Waals surface area contributed by atoms with Crippen molar-refractivity contribution in [3.05, 3.63) is 24.3 Å². The van der Waals surface area contributed by atoms with Crippen LogP contribution < -0.4 is 5.73 Å². The number of phosphoric acid groups is 1. The monoisotopic (exact) mass is 898 g/mol. The molecule has 0 amide bonds. The third-order valence-corrected chi connectivity index (χ3v) is 12.9. The molecule has 0 fully saturated rings. The predicted molar refractivity (Wildman–Crippen MR) is 266 cm³/mol. The summed E-state index contributed by atoms with van der Waals surface area (Å²) in [4.78, 5) is 22.6. The lowest BCUT2D eigenvalue weighted by Gasteiger charge is -2.20. The molecule has 0 aromatic heterocycles. The van der Waals surface area contributed by atoms with Gasteiger partial charge in [0.2, 0.25) is 0 Å². The second-order valence-electron chi connectivity index (χ2n) is 18.1. The number of carbonyl (C=O) groups is 1. The zero-order valence-corrected chi connectivity index (χ0v) is 42.0. The fourth-order valence-corrected chi connectivity index (χ4v) is 8.68. The summed E-state index contributed by atoms with van der Waals surface area (Å²) >= 11 is 0. The number of hydrogen-bond donors (Lipinski definition) is 2. The molecule has 0 spiro atoms. The summed E-state index contributed by atoms with van der Waals surface area (Å²) in [5.41, 5.74) is 5.39. The van der Waals surface area contributed by atoms with Crippen molar-refractivity contribution < 1.29 is 32.8 Å². The Balaban J connectivity index is 3.87. The Morgan fingerprint density at radius 3 is 1.29 bits per heavy atom. The van der Waals surface area contributed by atoms with Gasteiger partial charge in [-0.3, -0.25) is 13.8 Å². The van der Waals surface area contributed by atoms with Gasteiger partial charge in [0.1, 0.15) is 6.10 Å². The van der Waals surface area contributed by atoms with Crippen LogP contribution in [0.25, 0.3) is 0 Å². The molecule has 0 aliphatic carbocycles. The maximum atomic E-state index is 12.7. The van der Waals surface area contributed by atoms with Crippen LogP contribution in [0.1, 0.15) is 271 Å². The van der Waals surface area contributed by atoms with Crippen LogP contribution in [-0.2, 0) is 27.9 Å². The fourth-order valence-electron chi connectivity index (χ4n) is 7.91. The maximum absolute atomic E-state index is 12.7. The molecule has 0 heterocycles. The van der Waals surface area contributed by atoms with E-state index in [1.807, 2.05) is 0 Å². The molecule has 368 valence electrons. The quantitative estimate of drug-likeness (QED) is 0.0268. The summed E-state index contributed by atoms with van der Waals surface area (Å²) in [6.45, 7) is 4.96. The van der Waals surface area contributed by atoms with E-state index in [0.717, 1.165) is 38.5 Å². The highest BCUT2D eigenvalue weighted by Crippen LogP contribution is 2.43. The molecular formula is C53H104NO7P. The number of ether oxygens (including phenoxy) is 2. The molecule has 0 aliphatic rings. The predicted octanol–water partition coefficient (Wildman–Crippen LogP) is 16.8. The first-order valence-electron chi connectivity index (χ1n) is 26.8. The molecular weight excluding hydrogens is 794 g/mol. The molecule has 2 atom stereocenters. The normalized spacial score (nSPS) is 13.4. The number of hydrogen-bond acceptors (Lipinski definition) is 7. The first-order valence-corrected chi connectivity index (χ1v) is 28.3. The average molecular weight is 898 g/mol. The SMILES string of the molecule is CCCCC/C=C\C/C=C\CCCCCCCCCCCC(=O)OC(COCCCCCCCCCCCCCCCCCCCCCCCCCC)COP(=O)(O)OCCN. The zero-order chi connectivity index (χ0) is 45.1. The third-order valence-electron chi connectivity index (χ3n) is 11.9. The van der Waals surface area contributed by atoms with Gasteiger partial charge < -0.3 is 20.1 Å². The van der Waals surface area contributed by atoms with Crippen LogP contribution in [0.5, 0.6) is 0 Å². The van der Waals surface area contributed by atoms with Crippen molar-refractivity contribution in [2.75, 3.05) is 33.0 Å². The van der Waals surface area contributed by atoms with Gasteiger partial charge in [0.15, 0.2) is 0 Å². The van der Waals surface area contributed by atoms with Gasteiger partial charge in [-0.05, 0) is 44.9 Å². The van der Waals surface area contributed by atoms with E-state index in [2.05, 4.69) is 38.2 Å². The molecule has 62 heavy (non-hydrogen) atoms. The molecule has 0 saturated heterocycles. The second-order valence-corrected chi connectivity index (χ2v) is 19.6. The van der Waals surface area contributed by atoms with Crippen molar-refractivity contribution in [2.45, 2.75) is 277 Å². The summed E-state index contributed by atoms with van der Waals surface area (Å²) in [6, 6.07) is 0. The first-order chi connectivity index (χ1) is 30.4. The van der Waals surface area contributed by atoms with Gasteiger partial charge in [0.05, 0.1) is 19.8 Å². The van der Waals surface area contributed by atoms with Crippen molar-refractivity contribution in [2.24, 2.45) is 5.73 Å². The summed E-state index contributed by atoms with van der Waals surface area (Å²) < 4.78 is 33.6. The Hall–Kier alpha value is -1.02. The Bertz CT molecular complexity index is 1010. The summed E-state index contributed by atoms with van der Waals surface area (Å²) in [5.74, 6) is -0.329. The number of allylic oxidation sites excluding steroid dienone is 4. The minimum absolute atomic E-state index is 0.0938. The lowest BCUT2D eigenvalue weighted by atomic mass is 10.0. The van der Waals surface area contributed by atoms with Crippen molar-refractivity contribution >= 4 is 13.8 Å². The number of nitrogens with two attached hydrogens (primary N) is 1. The molecule has 2 unspecified atom stereocenters. The van der Waals surface area contributed by atoms with Crippen molar-refractivity contribution in [1.29, 1.82) is 0 Å². The fraction of sp³-hybridized carbons (Fsp3) is 0.906. The van der Waals surface area contributed by atoms with E-state index < -0.39 is 13.9 Å². The number of phosphoric ester groups is 1. The van der Waals surface area contributed by atoms with E-state index in [1.165, 1.54) is 212 Å². The lowest BCUT2D eigenvalue weighted by Crippen LogP contribution is -2.28. The number of unbranched alkanes of at least 4 members (excludes halogenated alkanes) is 35. The lowest BCUT2D eigenvalue weighted by molar-refractivity contribution is -0.154. The molecule has 0 rings (SSSR count). The van der Waals surface area contributed by atoms with E-state index in [9.17, 15) is 14.3 Å². The van der Waals surface area contributed by atoms with Gasteiger partial charge >= 0.3 is 13.8 Å². The van der Waals surface area contributed by atoms with Crippen LogP contribution in [0.4, 0.5) is 0 Å². The maximum Gasteiger partial charge on any atom is 0.472 e. The van der Waals surface area contributed by atoms with Crippen molar-refractivity contribution in [3.63, 3.8) is 0 Å². The van der Waals surface area contributed by atoms with Gasteiger partial charge in [0, 0.05) is 19.6 Å². The van der Waals surface area contributed by atoms with Crippen molar-refractivity contribution in [3.8, 4) is 0 Å². The third kappa shape index (κ3) is 50.0. The van der Waals surface area contributed by atoms with Gasteiger partial charge in [-0.1, -0.05) is 244 Å². The molecule has 9 heteroatoms. The summed E-state index contributed by atoms with van der Waals surface area (Å²) in [5, 5.41) is 0. The van der Waals surface area contributed by atoms with E-state index >= 15 is 0 Å². The second kappa shape index (κ2) is 51.0. The molecule has 0 aromatic carbocycles. The van der Waals surface area contributed by atoms with Crippen LogP contribution in [-0.4, -0.2) is 49.9 Å². The minimum Gasteiger partial charge on any atom is -0.457 e. The average Bonchev–Trinajstić information content (AvgIpc) is 3.26. The molecule has 0 aliphatic heterocycles. The Kier molecular flexibility index (Phi) is 50.1. The highest BCUT2D eigenvalue weighted by molar-refractivity contribution is 7.47. The smallest absolute Gasteiger partial charge is 0.457 e. The topological polar surface area (TPSA) is 117 Å². The largest absolute Gasteiger partial charge is 0.472 e. The molecule has 0 saturated carbocycles. The minimum atomic E-state index is -4.28. The van der Waals surface area contributed by atoms with Crippen molar-refractivity contribution in [1.82, 2.24) is 0 Å². The van der Waals surface area contributed by atoms with Crippen LogP contribution in [0, 0.1) is 0 Å². The molecule has 0 aromatic rings. The van der Waals surface area contributed by atoms with E-state index in [1.54, 1.807) is 0 Å². The van der Waals surface area contributed by atoms with Gasteiger partial charge in [-0.15, -0.1) is 0 Å². The Morgan fingerprint density at radius 2 is 0.855 bits per heavy atom. The van der Waals surface area contributed by atoms with Gasteiger partial charge in [0.25, 0.3) is 0 Å². The highest BCUT2D eigenvalue weighted by Gasteiger charge is 2.25. The van der Waals surface area contributed by atoms with Crippen LogP contribution >= 0.6 is 7.82 Å². The number of esters is 1. The first kappa shape index (κ1) is 61.0. The van der Waals surface area contributed by atoms with E-state index in [4.69, 9.17) is 24.3 Å². The van der Waals surface area contributed by atoms with Crippen LogP contribution in [0.3, 0.4) is 0 Å². The standard InChI is InChI=1S/C53H104NO7P/c1-3-5-7-9-11-13-15-17-19-21-23-24-25-26-27-29-31-33-35-37-39-41-43-45-48-58-50-52(51-60-62(56,57)59-49-47-54)61-53(55)46-44-42-40-38-36-34-32-30-28-22-20-18-16-14-12-10-8-6-4-2/h12,14,18,20,52H,3-11,13,15-17,19,21-51,54H2,1-2H3,(H,56,57)/b14-12-,20-18-. The highest BCUT2D eigenvalue weighted by atomic mass is 31.2. The van der Waals surface area contributed by atoms with Crippen LogP contribution in [0.2, 0.25) is 0 Å². The summed E-state index contributed by atoms with van der Waals surface area (Å²) in [6.07, 6.45) is 59.3. The van der Waals surface area contributed by atoms with Gasteiger partial charge in [-0.2, -0.15) is 0 Å². The Labute approximate surface area is 385 Å². The van der Waals surface area contributed by atoms with Gasteiger partial charge in [-0.25, -0.2) is 4.57 Å². The Morgan fingerprint density at radius 1 is 0.484 bits per heavy atom. The number of rotatable bonds is 52. The van der Waals surface area contributed by atoms with Crippen LogP contribution in [0.15, 0.2) is 24.3 Å². The molecule has 3 N–H and O–H groups in total.